The molecule has 16 heavy (non-hydrogen) atoms. The molecule has 0 saturated carbocycles. The van der Waals surface area contributed by atoms with Crippen molar-refractivity contribution >= 4 is 21.5 Å². The lowest BCUT2D eigenvalue weighted by atomic mass is 9.90. The van der Waals surface area contributed by atoms with Crippen LogP contribution < -0.4 is 0 Å². The molecule has 0 fully saturated rings. The van der Waals surface area contributed by atoms with E-state index in [0.29, 0.717) is 0 Å². The third kappa shape index (κ3) is 2.65. The average molecular weight is 277 g/mol. The Hall–Kier alpha value is -0.820. The molecule has 1 aliphatic carbocycles. The maximum Gasteiger partial charge on any atom is 0.0474 e. The lowest BCUT2D eigenvalue weighted by Gasteiger charge is -2.25. The Balaban J connectivity index is 2.14. The highest BCUT2D eigenvalue weighted by Gasteiger charge is 2.23. The van der Waals surface area contributed by atoms with Crippen LogP contribution in [0.25, 0.3) is 5.57 Å². The maximum atomic E-state index is 3.82. The number of benzene rings is 1. The van der Waals surface area contributed by atoms with Crippen LogP contribution in [-0.2, 0) is 0 Å². The van der Waals surface area contributed by atoms with E-state index in [1.807, 2.05) is 0 Å². The van der Waals surface area contributed by atoms with Gasteiger partial charge in [-0.2, -0.15) is 0 Å². The van der Waals surface area contributed by atoms with E-state index < -0.39 is 0 Å². The molecule has 1 aromatic rings. The Kier molecular flexibility index (Phi) is 3.65. The maximum absolute atomic E-state index is 3.82. The Morgan fingerprint density at radius 3 is 2.56 bits per heavy atom. The zero-order valence-electron chi connectivity index (χ0n) is 9.62. The monoisotopic (exact) mass is 276 g/mol. The molecule has 0 heterocycles. The summed E-state index contributed by atoms with van der Waals surface area (Å²) in [6, 6.07) is 10.6. The normalized spacial score (nSPS) is 24.2. The van der Waals surface area contributed by atoms with Crippen molar-refractivity contribution in [1.29, 1.82) is 0 Å². The number of alkyl halides is 1. The molecule has 0 spiro atoms. The number of hydrogen-bond acceptors (Lipinski definition) is 0. The van der Waals surface area contributed by atoms with Crippen LogP contribution in [0.15, 0.2) is 48.6 Å². The van der Waals surface area contributed by atoms with E-state index in [9.17, 15) is 0 Å². The van der Waals surface area contributed by atoms with Crippen molar-refractivity contribution in [3.8, 4) is 0 Å². The molecule has 0 aliphatic heterocycles. The summed E-state index contributed by atoms with van der Waals surface area (Å²) in [7, 11) is 0. The van der Waals surface area contributed by atoms with Gasteiger partial charge in [-0.15, -0.1) is 0 Å². The van der Waals surface area contributed by atoms with Gasteiger partial charge in [-0.05, 0) is 24.0 Å². The molecular formula is C15H17Br. The molecule has 0 N–H and O–H groups in total. The van der Waals surface area contributed by atoms with E-state index in [4.69, 9.17) is 0 Å². The van der Waals surface area contributed by atoms with E-state index in [1.165, 1.54) is 24.0 Å². The van der Waals surface area contributed by atoms with Crippen LogP contribution in [0.4, 0.5) is 0 Å². The Morgan fingerprint density at radius 1 is 1.25 bits per heavy atom. The number of allylic oxidation sites excluding steroid dienone is 4. The van der Waals surface area contributed by atoms with Crippen molar-refractivity contribution in [2.45, 2.75) is 30.5 Å². The lowest BCUT2D eigenvalue weighted by Crippen LogP contribution is -2.18. The summed E-state index contributed by atoms with van der Waals surface area (Å²) in [5.41, 5.74) is 2.65. The van der Waals surface area contributed by atoms with Gasteiger partial charge in [-0.1, -0.05) is 77.8 Å². The fourth-order valence-electron chi connectivity index (χ4n) is 2.10. The molecule has 1 atom stereocenters. The second-order valence-corrected chi connectivity index (χ2v) is 5.93. The van der Waals surface area contributed by atoms with Crippen LogP contribution in [0.2, 0.25) is 0 Å². The van der Waals surface area contributed by atoms with Gasteiger partial charge in [-0.3, -0.25) is 0 Å². The topological polar surface area (TPSA) is 0 Å². The third-order valence-corrected chi connectivity index (χ3v) is 3.98. The highest BCUT2D eigenvalue weighted by molar-refractivity contribution is 9.10. The largest absolute Gasteiger partial charge is 0.0804 e. The first kappa shape index (κ1) is 11.7. The SMILES string of the molecule is CCC[C@]1(Br)C=CC(c2ccccc2)=CC1. The van der Waals surface area contributed by atoms with Gasteiger partial charge in [0.05, 0.1) is 0 Å². The zero-order chi connectivity index (χ0) is 11.4. The first-order valence-electron chi connectivity index (χ1n) is 5.87. The fourth-order valence-corrected chi connectivity index (χ4v) is 2.79. The molecule has 0 nitrogen and oxygen atoms in total. The standard InChI is InChI=1S/C15H17Br/c1-2-10-15(16)11-8-14(9-12-15)13-6-4-3-5-7-13/h3-9,11H,2,10,12H2,1H3/t15-/m0/s1. The van der Waals surface area contributed by atoms with Crippen LogP contribution in [0.5, 0.6) is 0 Å². The predicted octanol–water partition coefficient (Wildman–Crippen LogP) is 4.96. The molecule has 0 aromatic heterocycles. The molecule has 0 radical (unpaired) electrons. The number of halogens is 1. The molecule has 1 heteroatoms. The number of rotatable bonds is 3. The van der Waals surface area contributed by atoms with Gasteiger partial charge in [0.1, 0.15) is 0 Å². The minimum atomic E-state index is 0.194. The van der Waals surface area contributed by atoms with Gasteiger partial charge in [0, 0.05) is 4.32 Å². The van der Waals surface area contributed by atoms with Crippen LogP contribution in [0, 0.1) is 0 Å². The Bertz CT molecular complexity index is 403. The summed E-state index contributed by atoms with van der Waals surface area (Å²) in [5, 5.41) is 0. The molecule has 0 bridgehead atoms. The van der Waals surface area contributed by atoms with Crippen LogP contribution in [0.3, 0.4) is 0 Å². The Labute approximate surface area is 106 Å². The van der Waals surface area contributed by atoms with Gasteiger partial charge in [0.25, 0.3) is 0 Å². The van der Waals surface area contributed by atoms with Crippen molar-refractivity contribution in [3.63, 3.8) is 0 Å². The van der Waals surface area contributed by atoms with Gasteiger partial charge < -0.3 is 0 Å². The van der Waals surface area contributed by atoms with E-state index in [0.717, 1.165) is 6.42 Å². The fraction of sp³-hybridized carbons (Fsp3) is 0.333. The zero-order valence-corrected chi connectivity index (χ0v) is 11.2. The average Bonchev–Trinajstić information content (AvgIpc) is 2.31. The summed E-state index contributed by atoms with van der Waals surface area (Å²) in [6.45, 7) is 2.23. The minimum Gasteiger partial charge on any atom is -0.0804 e. The Morgan fingerprint density at radius 2 is 2.00 bits per heavy atom. The van der Waals surface area contributed by atoms with Crippen LogP contribution >= 0.6 is 15.9 Å². The molecule has 1 aliphatic rings. The first-order valence-corrected chi connectivity index (χ1v) is 6.66. The molecule has 1 aromatic carbocycles. The molecular weight excluding hydrogens is 260 g/mol. The summed E-state index contributed by atoms with van der Waals surface area (Å²) in [6.07, 6.45) is 10.4. The number of hydrogen-bond donors (Lipinski definition) is 0. The van der Waals surface area contributed by atoms with Crippen molar-refractivity contribution in [2.24, 2.45) is 0 Å². The summed E-state index contributed by atoms with van der Waals surface area (Å²) in [4.78, 5) is 0. The van der Waals surface area contributed by atoms with Gasteiger partial charge in [0.15, 0.2) is 0 Å². The van der Waals surface area contributed by atoms with E-state index in [2.05, 4.69) is 71.4 Å². The van der Waals surface area contributed by atoms with Crippen LogP contribution in [-0.4, -0.2) is 4.32 Å². The van der Waals surface area contributed by atoms with Crippen molar-refractivity contribution in [1.82, 2.24) is 0 Å². The smallest absolute Gasteiger partial charge is 0.0474 e. The van der Waals surface area contributed by atoms with Crippen molar-refractivity contribution in [3.05, 3.63) is 54.1 Å². The summed E-state index contributed by atoms with van der Waals surface area (Å²) < 4.78 is 0.194. The van der Waals surface area contributed by atoms with Gasteiger partial charge in [0.2, 0.25) is 0 Å². The van der Waals surface area contributed by atoms with Crippen LogP contribution in [0.1, 0.15) is 31.7 Å². The van der Waals surface area contributed by atoms with Crippen molar-refractivity contribution < 1.29 is 0 Å². The third-order valence-electron chi connectivity index (χ3n) is 3.00. The predicted molar refractivity (Wildman–Crippen MR) is 74.7 cm³/mol. The highest BCUT2D eigenvalue weighted by Crippen LogP contribution is 2.36. The van der Waals surface area contributed by atoms with E-state index in [1.54, 1.807) is 0 Å². The van der Waals surface area contributed by atoms with Crippen molar-refractivity contribution in [2.75, 3.05) is 0 Å². The highest BCUT2D eigenvalue weighted by atomic mass is 79.9. The van der Waals surface area contributed by atoms with Gasteiger partial charge in [-0.25, -0.2) is 0 Å². The molecule has 84 valence electrons. The van der Waals surface area contributed by atoms with E-state index in [-0.39, 0.29) is 4.32 Å². The van der Waals surface area contributed by atoms with Gasteiger partial charge >= 0.3 is 0 Å². The molecule has 0 saturated heterocycles. The second kappa shape index (κ2) is 5.01. The van der Waals surface area contributed by atoms with E-state index >= 15 is 0 Å². The minimum absolute atomic E-state index is 0.194. The molecule has 0 amide bonds. The quantitative estimate of drug-likeness (QED) is 0.685. The summed E-state index contributed by atoms with van der Waals surface area (Å²) in [5.74, 6) is 0. The first-order chi connectivity index (χ1) is 7.73. The molecule has 2 rings (SSSR count). The summed E-state index contributed by atoms with van der Waals surface area (Å²) >= 11 is 3.82. The lowest BCUT2D eigenvalue weighted by molar-refractivity contribution is 0.645. The second-order valence-electron chi connectivity index (χ2n) is 4.35. The molecule has 0 unspecified atom stereocenters.